The molecule has 4 N–H and O–H groups in total. The van der Waals surface area contributed by atoms with Crippen LogP contribution in [0.5, 0.6) is 0 Å². The number of carboxylic acids is 1. The van der Waals surface area contributed by atoms with E-state index in [0.717, 1.165) is 24.2 Å². The van der Waals surface area contributed by atoms with Gasteiger partial charge in [-0.3, -0.25) is 39.2 Å². The molecule has 0 radical (unpaired) electrons. The van der Waals surface area contributed by atoms with Crippen molar-refractivity contribution in [2.75, 3.05) is 16.8 Å². The van der Waals surface area contributed by atoms with Crippen LogP contribution in [0.3, 0.4) is 0 Å². The Kier molecular flexibility index (Phi) is 11.4. The largest absolute Gasteiger partial charge is 0.481 e. The Morgan fingerprint density at radius 2 is 1.76 bits per heavy atom. The number of fused-ring (bicyclic) bond motifs is 1. The van der Waals surface area contributed by atoms with E-state index >= 15 is 0 Å². The number of carbonyl (C=O) groups is 4. The number of H-pyrrole nitrogens is 1. The molecule has 0 unspecified atom stereocenters. The number of anilines is 2. The minimum Gasteiger partial charge on any atom is -0.481 e. The normalized spacial score (nSPS) is 10.9. The monoisotopic (exact) mass is 579 g/mol. The highest BCUT2D eigenvalue weighted by Crippen LogP contribution is 2.26. The number of hydrogen-bond donors (Lipinski definition) is 4. The van der Waals surface area contributed by atoms with Gasteiger partial charge in [-0.15, -0.1) is 0 Å². The molecule has 0 fully saturated rings. The second-order valence-electron chi connectivity index (χ2n) is 9.13. The highest BCUT2D eigenvalue weighted by Gasteiger charge is 2.43. The lowest BCUT2D eigenvalue weighted by Gasteiger charge is -2.23. The second-order valence-corrected chi connectivity index (χ2v) is 9.13. The molecule has 0 aliphatic carbocycles. The van der Waals surface area contributed by atoms with Crippen LogP contribution in [0.4, 0.5) is 24.8 Å². The van der Waals surface area contributed by atoms with Crippen molar-refractivity contribution in [1.29, 1.82) is 0 Å². The van der Waals surface area contributed by atoms with E-state index in [4.69, 9.17) is 5.11 Å². The van der Waals surface area contributed by atoms with Gasteiger partial charge in [0.05, 0.1) is 18.4 Å². The Morgan fingerprint density at radius 1 is 1.12 bits per heavy atom. The molecule has 0 spiro atoms. The first-order valence-electron chi connectivity index (χ1n) is 12.2. The van der Waals surface area contributed by atoms with Gasteiger partial charge in [-0.1, -0.05) is 20.8 Å². The van der Waals surface area contributed by atoms with Crippen LogP contribution in [0.1, 0.15) is 49.7 Å². The number of aliphatic carboxylic acids is 1. The Balaban J connectivity index is 0.00000138. The molecular formula is C25H28F3N7O6. The zero-order chi connectivity index (χ0) is 30.7. The van der Waals surface area contributed by atoms with Crippen molar-refractivity contribution in [3.05, 3.63) is 52.1 Å². The molecule has 41 heavy (non-hydrogen) atoms. The first-order chi connectivity index (χ1) is 19.2. The van der Waals surface area contributed by atoms with Crippen LogP contribution < -0.4 is 21.1 Å². The molecule has 220 valence electrons. The van der Waals surface area contributed by atoms with Gasteiger partial charge in [0.25, 0.3) is 11.5 Å². The molecule has 2 heterocycles. The molecule has 0 saturated carbocycles. The Morgan fingerprint density at radius 3 is 2.32 bits per heavy atom. The van der Waals surface area contributed by atoms with E-state index in [-0.39, 0.29) is 59.9 Å². The summed E-state index contributed by atoms with van der Waals surface area (Å²) in [6.07, 6.45) is -3.92. The van der Waals surface area contributed by atoms with Crippen molar-refractivity contribution in [2.24, 2.45) is 5.92 Å². The van der Waals surface area contributed by atoms with Gasteiger partial charge in [-0.2, -0.15) is 18.2 Å². The van der Waals surface area contributed by atoms with Gasteiger partial charge in [0.1, 0.15) is 0 Å². The van der Waals surface area contributed by atoms with Crippen molar-refractivity contribution in [3.8, 4) is 0 Å². The number of nitrogens with one attached hydrogen (secondary N) is 3. The van der Waals surface area contributed by atoms with E-state index in [2.05, 4.69) is 51.3 Å². The zero-order valence-corrected chi connectivity index (χ0v) is 22.3. The highest BCUT2D eigenvalue weighted by molar-refractivity contribution is 5.98. The smallest absolute Gasteiger partial charge is 0.471 e. The van der Waals surface area contributed by atoms with E-state index in [1.54, 1.807) is 0 Å². The Hall–Kier alpha value is -4.89. The van der Waals surface area contributed by atoms with Gasteiger partial charge in [0, 0.05) is 24.2 Å². The van der Waals surface area contributed by atoms with Crippen LogP contribution in [0.25, 0.3) is 11.2 Å². The molecule has 0 saturated heterocycles. The summed E-state index contributed by atoms with van der Waals surface area (Å²) in [6.45, 7) is 5.85. The standard InChI is InChI=1S/C21H18F3N7O6.C4H10/c22-21(23,24)19(37)31(13-5-3-11(4-6-13)17(35)25-7-1-2-14(33)34)9-12-8-26-16-15(28-12)18(36)30-20(29-16)27-10-32;1-4(2)3/h3-6,8,10H,1-2,7,9H2,(H,25,35)(H,33,34)(H2,26,27,29,30,32,36);4H,1-3H3. The number of carbonyl (C=O) groups excluding carboxylic acids is 3. The number of aromatic nitrogens is 4. The highest BCUT2D eigenvalue weighted by atomic mass is 19.4. The molecule has 16 heteroatoms. The maximum absolute atomic E-state index is 13.3. The minimum absolute atomic E-state index is 0.0707. The summed E-state index contributed by atoms with van der Waals surface area (Å²) in [6, 6.07) is 4.63. The molecular weight excluding hydrogens is 551 g/mol. The number of benzene rings is 1. The van der Waals surface area contributed by atoms with Gasteiger partial charge in [0.15, 0.2) is 11.2 Å². The maximum atomic E-state index is 13.3. The topological polar surface area (TPSA) is 187 Å². The number of hydrogen-bond acceptors (Lipinski definition) is 8. The van der Waals surface area contributed by atoms with Crippen molar-refractivity contribution in [2.45, 2.75) is 46.3 Å². The van der Waals surface area contributed by atoms with Crippen molar-refractivity contribution in [1.82, 2.24) is 25.3 Å². The number of halogens is 3. The lowest BCUT2D eigenvalue weighted by Crippen LogP contribution is -2.41. The number of rotatable bonds is 10. The molecule has 0 atom stereocenters. The molecule has 3 amide bonds. The van der Waals surface area contributed by atoms with Crippen LogP contribution in [0.2, 0.25) is 0 Å². The van der Waals surface area contributed by atoms with Gasteiger partial charge in [-0.05, 0) is 36.6 Å². The second kappa shape index (κ2) is 14.5. The van der Waals surface area contributed by atoms with E-state index in [1.807, 2.05) is 0 Å². The first kappa shape index (κ1) is 32.3. The van der Waals surface area contributed by atoms with E-state index in [0.29, 0.717) is 4.90 Å². The van der Waals surface area contributed by atoms with Gasteiger partial charge >= 0.3 is 18.1 Å². The molecule has 3 aromatic rings. The number of carboxylic acid groups (broad SMARTS) is 1. The predicted octanol–water partition coefficient (Wildman–Crippen LogP) is 2.63. The summed E-state index contributed by atoms with van der Waals surface area (Å²) in [5.41, 5.74) is -1.66. The van der Waals surface area contributed by atoms with Crippen LogP contribution in [0, 0.1) is 5.92 Å². The van der Waals surface area contributed by atoms with Crippen LogP contribution in [-0.4, -0.2) is 62.0 Å². The molecule has 0 aliphatic rings. The summed E-state index contributed by atoms with van der Waals surface area (Å²) >= 11 is 0. The summed E-state index contributed by atoms with van der Waals surface area (Å²) in [5.74, 6) is -3.21. The quantitative estimate of drug-likeness (QED) is 0.207. The SMILES string of the molecule is CC(C)C.O=CNc1nc2ncc(CN(C(=O)C(F)(F)F)c3ccc(C(=O)NCCCC(=O)O)cc3)nc2c(=O)[nH]1. The summed E-state index contributed by atoms with van der Waals surface area (Å²) in [5, 5.41) is 13.2. The number of amides is 3. The zero-order valence-electron chi connectivity index (χ0n) is 22.3. The average molecular weight is 580 g/mol. The molecule has 3 rings (SSSR count). The third-order valence-corrected chi connectivity index (χ3v) is 4.77. The molecule has 1 aromatic carbocycles. The molecule has 0 aliphatic heterocycles. The average Bonchev–Trinajstić information content (AvgIpc) is 2.89. The summed E-state index contributed by atoms with van der Waals surface area (Å²) in [7, 11) is 0. The summed E-state index contributed by atoms with van der Waals surface area (Å²) in [4.78, 5) is 71.9. The summed E-state index contributed by atoms with van der Waals surface area (Å²) < 4.78 is 40.0. The van der Waals surface area contributed by atoms with Crippen LogP contribution in [-0.2, 0) is 20.9 Å². The lowest BCUT2D eigenvalue weighted by atomic mass is 10.1. The Labute approximate surface area is 231 Å². The van der Waals surface area contributed by atoms with Gasteiger partial charge in [0.2, 0.25) is 12.4 Å². The maximum Gasteiger partial charge on any atom is 0.471 e. The third kappa shape index (κ3) is 9.98. The van der Waals surface area contributed by atoms with Crippen molar-refractivity contribution < 1.29 is 37.5 Å². The first-order valence-corrected chi connectivity index (χ1v) is 12.2. The molecule has 13 nitrogen and oxygen atoms in total. The number of aromatic amines is 1. The van der Waals surface area contributed by atoms with E-state index in [9.17, 15) is 37.1 Å². The molecule has 0 bridgehead atoms. The van der Waals surface area contributed by atoms with Crippen molar-refractivity contribution in [3.63, 3.8) is 0 Å². The van der Waals surface area contributed by atoms with E-state index < -0.39 is 36.1 Å². The van der Waals surface area contributed by atoms with Crippen LogP contribution in [0.15, 0.2) is 35.3 Å². The minimum atomic E-state index is -5.25. The fraction of sp³-hybridized carbons (Fsp3) is 0.360. The van der Waals surface area contributed by atoms with Crippen molar-refractivity contribution >= 4 is 47.0 Å². The lowest BCUT2D eigenvalue weighted by molar-refractivity contribution is -0.170. The number of alkyl halides is 3. The van der Waals surface area contributed by atoms with Gasteiger partial charge in [-0.25, -0.2) is 9.97 Å². The van der Waals surface area contributed by atoms with Gasteiger partial charge < -0.3 is 10.4 Å². The fourth-order valence-electron chi connectivity index (χ4n) is 3.09. The van der Waals surface area contributed by atoms with E-state index in [1.165, 1.54) is 12.1 Å². The number of nitrogens with zero attached hydrogens (tertiary/aromatic N) is 4. The fourth-order valence-corrected chi connectivity index (χ4v) is 3.09. The predicted molar refractivity (Wildman–Crippen MR) is 141 cm³/mol. The Bertz CT molecular complexity index is 1440. The third-order valence-electron chi connectivity index (χ3n) is 4.77. The molecule has 2 aromatic heterocycles. The van der Waals surface area contributed by atoms with Crippen LogP contribution >= 0.6 is 0 Å².